The number of nitrogens with zero attached hydrogens (tertiary/aromatic N) is 1. The number of hydrogen-bond donors (Lipinski definition) is 1. The van der Waals surface area contributed by atoms with Gasteiger partial charge in [0.2, 0.25) is 10.0 Å². The Morgan fingerprint density at radius 2 is 2.00 bits per heavy atom. The number of halogens is 1. The molecule has 19 heavy (non-hydrogen) atoms. The predicted molar refractivity (Wildman–Crippen MR) is 66.1 cm³/mol. The van der Waals surface area contributed by atoms with Gasteiger partial charge in [-0.15, -0.1) is 0 Å². The first kappa shape index (κ1) is 14.0. The number of carbonyl (C=O) groups is 1. The van der Waals surface area contributed by atoms with E-state index in [1.807, 2.05) is 0 Å². The normalized spacial score (nSPS) is 15.8. The van der Waals surface area contributed by atoms with E-state index in [1.54, 1.807) is 0 Å². The molecule has 1 fully saturated rings. The largest absolute Gasteiger partial charge is 0.478 e. The van der Waals surface area contributed by atoms with Crippen LogP contribution in [0.5, 0.6) is 0 Å². The highest BCUT2D eigenvalue weighted by molar-refractivity contribution is 7.89. The fourth-order valence-corrected chi connectivity index (χ4v) is 3.51. The van der Waals surface area contributed by atoms with Crippen molar-refractivity contribution in [1.82, 2.24) is 4.31 Å². The molecule has 1 aromatic rings. The quantitative estimate of drug-likeness (QED) is 0.913. The van der Waals surface area contributed by atoms with Crippen LogP contribution in [0.2, 0.25) is 0 Å². The van der Waals surface area contributed by atoms with Gasteiger partial charge >= 0.3 is 5.97 Å². The first-order valence-corrected chi connectivity index (χ1v) is 7.20. The summed E-state index contributed by atoms with van der Waals surface area (Å²) in [5, 5.41) is 8.88. The van der Waals surface area contributed by atoms with Crippen molar-refractivity contribution in [2.24, 2.45) is 0 Å². The molecule has 0 bridgehead atoms. The fourth-order valence-electron chi connectivity index (χ4n) is 1.83. The molecular formula is C12H14FNO4S. The van der Waals surface area contributed by atoms with Crippen molar-refractivity contribution in [3.8, 4) is 0 Å². The number of hydrogen-bond acceptors (Lipinski definition) is 3. The van der Waals surface area contributed by atoms with Gasteiger partial charge in [0.15, 0.2) is 0 Å². The third kappa shape index (κ3) is 2.48. The summed E-state index contributed by atoms with van der Waals surface area (Å²) in [5.74, 6) is -2.19. The monoisotopic (exact) mass is 287 g/mol. The minimum absolute atomic E-state index is 0.0579. The third-order valence-corrected chi connectivity index (χ3v) is 5.30. The molecule has 104 valence electrons. The van der Waals surface area contributed by atoms with Crippen LogP contribution in [0.25, 0.3) is 0 Å². The van der Waals surface area contributed by atoms with Gasteiger partial charge in [-0.05, 0) is 31.9 Å². The van der Waals surface area contributed by atoms with Crippen molar-refractivity contribution in [2.45, 2.75) is 30.7 Å². The zero-order valence-corrected chi connectivity index (χ0v) is 11.4. The zero-order valence-electron chi connectivity index (χ0n) is 10.6. The standard InChI is InChI=1S/C12H14FNO4S/c1-7-10(13)5-8(12(15)16)6-11(7)19(17,18)14(2)9-3-4-9/h5-6,9H,3-4H2,1-2H3,(H,15,16). The van der Waals surface area contributed by atoms with Crippen molar-refractivity contribution in [2.75, 3.05) is 7.05 Å². The summed E-state index contributed by atoms with van der Waals surface area (Å²) in [5.41, 5.74) is -0.427. The van der Waals surface area contributed by atoms with E-state index in [0.717, 1.165) is 25.0 Å². The van der Waals surface area contributed by atoms with Crippen molar-refractivity contribution < 1.29 is 22.7 Å². The lowest BCUT2D eigenvalue weighted by molar-refractivity contribution is 0.0696. The van der Waals surface area contributed by atoms with Crippen molar-refractivity contribution in [3.05, 3.63) is 29.1 Å². The summed E-state index contributed by atoms with van der Waals surface area (Å²) in [6.45, 7) is 1.33. The molecule has 0 aliphatic heterocycles. The van der Waals surface area contributed by atoms with E-state index in [9.17, 15) is 17.6 Å². The third-order valence-electron chi connectivity index (χ3n) is 3.26. The Morgan fingerprint density at radius 3 is 2.47 bits per heavy atom. The molecule has 0 spiro atoms. The summed E-state index contributed by atoms with van der Waals surface area (Å²) >= 11 is 0. The first-order valence-electron chi connectivity index (χ1n) is 5.76. The molecule has 1 saturated carbocycles. The second kappa shape index (κ2) is 4.57. The fraction of sp³-hybridized carbons (Fsp3) is 0.417. The molecule has 1 N–H and O–H groups in total. The van der Waals surface area contributed by atoms with Crippen LogP contribution < -0.4 is 0 Å². The van der Waals surface area contributed by atoms with Crippen LogP contribution in [0.1, 0.15) is 28.8 Å². The molecular weight excluding hydrogens is 273 g/mol. The van der Waals surface area contributed by atoms with Gasteiger partial charge in [-0.3, -0.25) is 0 Å². The van der Waals surface area contributed by atoms with E-state index >= 15 is 0 Å². The summed E-state index contributed by atoms with van der Waals surface area (Å²) in [6, 6.07) is 1.77. The molecule has 1 aliphatic carbocycles. The highest BCUT2D eigenvalue weighted by atomic mass is 32.2. The van der Waals surface area contributed by atoms with Gasteiger partial charge in [0.1, 0.15) is 5.82 Å². The Hall–Kier alpha value is -1.47. The SMILES string of the molecule is Cc1c(F)cc(C(=O)O)cc1S(=O)(=O)N(C)C1CC1. The molecule has 0 atom stereocenters. The Balaban J connectivity index is 2.57. The topological polar surface area (TPSA) is 74.7 Å². The van der Waals surface area contributed by atoms with Crippen LogP contribution >= 0.6 is 0 Å². The van der Waals surface area contributed by atoms with Gasteiger partial charge in [0, 0.05) is 18.7 Å². The maximum absolute atomic E-state index is 13.7. The molecule has 5 nitrogen and oxygen atoms in total. The van der Waals surface area contributed by atoms with Gasteiger partial charge in [-0.2, -0.15) is 4.31 Å². The first-order chi connectivity index (χ1) is 8.75. The molecule has 0 aromatic heterocycles. The molecule has 1 aromatic carbocycles. The maximum Gasteiger partial charge on any atom is 0.335 e. The number of rotatable bonds is 4. The lowest BCUT2D eigenvalue weighted by atomic mass is 10.1. The van der Waals surface area contributed by atoms with Gasteiger partial charge in [0.05, 0.1) is 10.5 Å². The van der Waals surface area contributed by atoms with Crippen LogP contribution in [-0.2, 0) is 10.0 Å². The highest BCUT2D eigenvalue weighted by Crippen LogP contribution is 2.32. The lowest BCUT2D eigenvalue weighted by Gasteiger charge is -2.18. The highest BCUT2D eigenvalue weighted by Gasteiger charge is 2.36. The van der Waals surface area contributed by atoms with Crippen molar-refractivity contribution in [3.63, 3.8) is 0 Å². The van der Waals surface area contributed by atoms with E-state index in [2.05, 4.69) is 0 Å². The summed E-state index contributed by atoms with van der Waals surface area (Å²) < 4.78 is 39.5. The van der Waals surface area contributed by atoms with Gasteiger partial charge in [0.25, 0.3) is 0 Å². The Labute approximate surface area is 110 Å². The van der Waals surface area contributed by atoms with Crippen LogP contribution in [0.3, 0.4) is 0 Å². The van der Waals surface area contributed by atoms with Crippen LogP contribution in [0.4, 0.5) is 4.39 Å². The molecule has 0 amide bonds. The molecule has 0 saturated heterocycles. The van der Waals surface area contributed by atoms with E-state index in [-0.39, 0.29) is 22.1 Å². The lowest BCUT2D eigenvalue weighted by Crippen LogP contribution is -2.30. The summed E-state index contributed by atoms with van der Waals surface area (Å²) in [7, 11) is -2.43. The van der Waals surface area contributed by atoms with Crippen molar-refractivity contribution in [1.29, 1.82) is 0 Å². The molecule has 0 unspecified atom stereocenters. The second-order valence-electron chi connectivity index (χ2n) is 4.64. The van der Waals surface area contributed by atoms with Gasteiger partial charge in [-0.25, -0.2) is 17.6 Å². The molecule has 0 heterocycles. The number of benzene rings is 1. The van der Waals surface area contributed by atoms with E-state index in [0.29, 0.717) is 0 Å². The minimum Gasteiger partial charge on any atom is -0.478 e. The number of aromatic carboxylic acids is 1. The van der Waals surface area contributed by atoms with Crippen molar-refractivity contribution >= 4 is 16.0 Å². The average molecular weight is 287 g/mol. The van der Waals surface area contributed by atoms with Gasteiger partial charge < -0.3 is 5.11 Å². The molecule has 7 heteroatoms. The predicted octanol–water partition coefficient (Wildman–Crippen LogP) is 1.62. The molecule has 0 radical (unpaired) electrons. The van der Waals surface area contributed by atoms with Crippen LogP contribution in [-0.4, -0.2) is 36.9 Å². The van der Waals surface area contributed by atoms with Gasteiger partial charge in [-0.1, -0.05) is 0 Å². The number of sulfonamides is 1. The van der Waals surface area contributed by atoms with Crippen LogP contribution in [0.15, 0.2) is 17.0 Å². The Kier molecular flexibility index (Phi) is 3.36. The van der Waals surface area contributed by atoms with E-state index in [4.69, 9.17) is 5.11 Å². The zero-order chi connectivity index (χ0) is 14.4. The smallest absolute Gasteiger partial charge is 0.335 e. The summed E-state index contributed by atoms with van der Waals surface area (Å²) in [4.78, 5) is 10.6. The molecule has 1 aliphatic rings. The Morgan fingerprint density at radius 1 is 1.42 bits per heavy atom. The minimum atomic E-state index is -3.85. The molecule has 2 rings (SSSR count). The van der Waals surface area contributed by atoms with E-state index < -0.39 is 21.8 Å². The number of carboxylic acid groups (broad SMARTS) is 1. The maximum atomic E-state index is 13.7. The van der Waals surface area contributed by atoms with Crippen LogP contribution in [0, 0.1) is 12.7 Å². The Bertz CT molecular complexity index is 637. The summed E-state index contributed by atoms with van der Waals surface area (Å²) in [6.07, 6.45) is 1.55. The van der Waals surface area contributed by atoms with E-state index in [1.165, 1.54) is 18.3 Å². The number of carboxylic acids is 1. The average Bonchev–Trinajstić information content (AvgIpc) is 3.14. The second-order valence-corrected chi connectivity index (χ2v) is 6.60.